The van der Waals surface area contributed by atoms with Gasteiger partial charge in [0.05, 0.1) is 18.3 Å². The molecule has 3 aromatic rings. The van der Waals surface area contributed by atoms with E-state index in [2.05, 4.69) is 25.6 Å². The quantitative estimate of drug-likeness (QED) is 0.752. The summed E-state index contributed by atoms with van der Waals surface area (Å²) in [6.45, 7) is 4.17. The second-order valence-electron chi connectivity index (χ2n) is 6.98. The molecule has 0 bridgehead atoms. The van der Waals surface area contributed by atoms with Gasteiger partial charge in [-0.2, -0.15) is 5.10 Å². The van der Waals surface area contributed by atoms with Gasteiger partial charge in [-0.25, -0.2) is 4.98 Å². The molecule has 0 aliphatic carbocycles. The molecule has 2 aliphatic heterocycles. The van der Waals surface area contributed by atoms with Crippen molar-refractivity contribution in [1.82, 2.24) is 24.6 Å². The van der Waals surface area contributed by atoms with Gasteiger partial charge < -0.3 is 14.8 Å². The van der Waals surface area contributed by atoms with Gasteiger partial charge in [0.1, 0.15) is 18.1 Å². The van der Waals surface area contributed by atoms with Gasteiger partial charge in [-0.3, -0.25) is 9.25 Å². The largest absolute Gasteiger partial charge is 0.491 e. The number of hydrogen-bond acceptors (Lipinski definition) is 5. The summed E-state index contributed by atoms with van der Waals surface area (Å²) < 4.78 is 15.6. The molecule has 0 radical (unpaired) electrons. The first-order chi connectivity index (χ1) is 13.4. The zero-order valence-electron chi connectivity index (χ0n) is 15.2. The molecular weight excluding hydrogens is 342 g/mol. The molecule has 27 heavy (non-hydrogen) atoms. The van der Waals surface area contributed by atoms with E-state index in [-0.39, 0.29) is 6.10 Å². The van der Waals surface area contributed by atoms with Crippen LogP contribution in [0.2, 0.25) is 0 Å². The van der Waals surface area contributed by atoms with E-state index in [4.69, 9.17) is 14.6 Å². The number of nitrogens with zero attached hydrogens (tertiary/aromatic N) is 4. The van der Waals surface area contributed by atoms with Gasteiger partial charge in [0.15, 0.2) is 5.82 Å². The smallest absolute Gasteiger partial charge is 0.165 e. The molecule has 1 N–H and O–H groups in total. The van der Waals surface area contributed by atoms with Crippen LogP contribution in [0.4, 0.5) is 0 Å². The third-order valence-corrected chi connectivity index (χ3v) is 5.11. The predicted molar refractivity (Wildman–Crippen MR) is 101 cm³/mol. The molecule has 0 amide bonds. The van der Waals surface area contributed by atoms with Gasteiger partial charge in [0.25, 0.3) is 0 Å². The molecule has 5 rings (SSSR count). The lowest BCUT2D eigenvalue weighted by molar-refractivity contribution is 0.0679. The van der Waals surface area contributed by atoms with E-state index in [1.807, 2.05) is 36.7 Å². The van der Waals surface area contributed by atoms with Crippen molar-refractivity contribution in [2.24, 2.45) is 0 Å². The highest BCUT2D eigenvalue weighted by Crippen LogP contribution is 2.24. The fourth-order valence-electron chi connectivity index (χ4n) is 3.67. The molecule has 7 nitrogen and oxygen atoms in total. The molecule has 0 spiro atoms. The van der Waals surface area contributed by atoms with Crippen LogP contribution in [-0.4, -0.2) is 45.2 Å². The van der Waals surface area contributed by atoms with Crippen molar-refractivity contribution in [1.29, 1.82) is 0 Å². The second kappa shape index (κ2) is 7.17. The lowest BCUT2D eigenvalue weighted by Crippen LogP contribution is -2.28. The Morgan fingerprint density at radius 2 is 2.19 bits per heavy atom. The van der Waals surface area contributed by atoms with Crippen molar-refractivity contribution < 1.29 is 9.47 Å². The van der Waals surface area contributed by atoms with Crippen molar-refractivity contribution in [2.45, 2.75) is 32.0 Å². The van der Waals surface area contributed by atoms with E-state index in [1.54, 1.807) is 0 Å². The van der Waals surface area contributed by atoms with E-state index in [9.17, 15) is 0 Å². The Balaban J connectivity index is 1.34. The van der Waals surface area contributed by atoms with Crippen LogP contribution >= 0.6 is 0 Å². The van der Waals surface area contributed by atoms with Crippen molar-refractivity contribution in [3.63, 3.8) is 0 Å². The lowest BCUT2D eigenvalue weighted by atomic mass is 10.2. The first kappa shape index (κ1) is 16.5. The maximum absolute atomic E-state index is 5.86. The third kappa shape index (κ3) is 3.36. The monoisotopic (exact) mass is 365 g/mol. The van der Waals surface area contributed by atoms with E-state index in [0.717, 1.165) is 62.0 Å². The minimum absolute atomic E-state index is 0.228. The summed E-state index contributed by atoms with van der Waals surface area (Å²) in [5.41, 5.74) is 3.14. The Kier molecular flexibility index (Phi) is 4.39. The van der Waals surface area contributed by atoms with Crippen molar-refractivity contribution in [3.8, 4) is 23.0 Å². The average Bonchev–Trinajstić information content (AvgIpc) is 3.46. The van der Waals surface area contributed by atoms with Crippen molar-refractivity contribution in [3.05, 3.63) is 48.4 Å². The summed E-state index contributed by atoms with van der Waals surface area (Å²) in [7, 11) is 0. The second-order valence-corrected chi connectivity index (χ2v) is 6.98. The molecule has 1 atom stereocenters. The van der Waals surface area contributed by atoms with Crippen molar-refractivity contribution in [2.75, 3.05) is 19.8 Å². The highest BCUT2D eigenvalue weighted by molar-refractivity contribution is 5.55. The molecule has 0 saturated carbocycles. The highest BCUT2D eigenvalue weighted by atomic mass is 16.5. The van der Waals surface area contributed by atoms with Gasteiger partial charge in [-0.1, -0.05) is 0 Å². The van der Waals surface area contributed by atoms with E-state index in [1.165, 1.54) is 5.69 Å². The molecule has 0 unspecified atom stereocenters. The molecule has 140 valence electrons. The summed E-state index contributed by atoms with van der Waals surface area (Å²) >= 11 is 0. The van der Waals surface area contributed by atoms with Crippen LogP contribution in [0.25, 0.3) is 17.2 Å². The molecule has 7 heteroatoms. The Hall–Kier alpha value is -2.64. The normalized spacial score (nSPS) is 19.2. The Bertz CT molecular complexity index is 885. The maximum atomic E-state index is 5.86. The number of ether oxygens (including phenoxy) is 2. The van der Waals surface area contributed by atoms with Crippen molar-refractivity contribution >= 4 is 0 Å². The summed E-state index contributed by atoms with van der Waals surface area (Å²) in [4.78, 5) is 4.54. The molecule has 1 fully saturated rings. The average molecular weight is 365 g/mol. The van der Waals surface area contributed by atoms with Crippen LogP contribution in [0.3, 0.4) is 0 Å². The first-order valence-corrected chi connectivity index (χ1v) is 9.53. The number of aromatic nitrogens is 4. The number of imidazole rings is 1. The Labute approximate surface area is 157 Å². The minimum atomic E-state index is 0.228. The Morgan fingerprint density at radius 3 is 3.00 bits per heavy atom. The van der Waals surface area contributed by atoms with Crippen LogP contribution < -0.4 is 10.1 Å². The van der Waals surface area contributed by atoms with E-state index < -0.39 is 0 Å². The van der Waals surface area contributed by atoms with E-state index in [0.29, 0.717) is 6.61 Å². The van der Waals surface area contributed by atoms with Crippen LogP contribution in [-0.2, 0) is 17.8 Å². The summed E-state index contributed by atoms with van der Waals surface area (Å²) in [6.07, 6.45) is 6.22. The lowest BCUT2D eigenvalue weighted by Gasteiger charge is -2.13. The maximum Gasteiger partial charge on any atom is 0.165 e. The zero-order valence-corrected chi connectivity index (χ0v) is 15.2. The molecule has 2 aromatic heterocycles. The summed E-state index contributed by atoms with van der Waals surface area (Å²) in [5.74, 6) is 1.71. The molecule has 2 aliphatic rings. The van der Waals surface area contributed by atoms with Crippen LogP contribution in [0.5, 0.6) is 5.75 Å². The van der Waals surface area contributed by atoms with Crippen LogP contribution in [0, 0.1) is 0 Å². The molecule has 4 heterocycles. The fourth-order valence-corrected chi connectivity index (χ4v) is 3.67. The van der Waals surface area contributed by atoms with Crippen LogP contribution in [0.15, 0.2) is 42.7 Å². The number of benzene rings is 1. The number of nitrogens with one attached hydrogen (secondary N) is 1. The highest BCUT2D eigenvalue weighted by Gasteiger charge is 2.17. The fraction of sp³-hybridized carbons (Fsp3) is 0.400. The number of rotatable bonds is 5. The van der Waals surface area contributed by atoms with Gasteiger partial charge in [0.2, 0.25) is 0 Å². The third-order valence-electron chi connectivity index (χ3n) is 5.11. The zero-order chi connectivity index (χ0) is 18.1. The standard InChI is InChI=1S/C20H23N5O2/c1-2-18(26-11-1)14-27-17-5-3-15(4-6-17)24-9-8-22-20(24)19-12-16-13-21-7-10-25(16)23-19/h3-6,8-9,12,18,21H,1-2,7,10-11,13-14H2/t18-/m0/s1. The van der Waals surface area contributed by atoms with Gasteiger partial charge in [-0.05, 0) is 43.2 Å². The summed E-state index contributed by atoms with van der Waals surface area (Å²) in [5, 5.41) is 8.10. The predicted octanol–water partition coefficient (Wildman–Crippen LogP) is 2.40. The molecular formula is C20H23N5O2. The number of fused-ring (bicyclic) bond motifs is 1. The van der Waals surface area contributed by atoms with Gasteiger partial charge in [-0.15, -0.1) is 0 Å². The summed E-state index contributed by atoms with van der Waals surface area (Å²) in [6, 6.07) is 10.2. The van der Waals surface area contributed by atoms with E-state index >= 15 is 0 Å². The van der Waals surface area contributed by atoms with Crippen LogP contribution in [0.1, 0.15) is 18.5 Å². The Morgan fingerprint density at radius 1 is 1.26 bits per heavy atom. The first-order valence-electron chi connectivity index (χ1n) is 9.53. The van der Waals surface area contributed by atoms with Gasteiger partial charge in [0, 0.05) is 37.8 Å². The molecule has 1 aromatic carbocycles. The number of hydrogen-bond donors (Lipinski definition) is 1. The molecule has 1 saturated heterocycles. The minimum Gasteiger partial charge on any atom is -0.491 e. The van der Waals surface area contributed by atoms with Gasteiger partial charge >= 0.3 is 0 Å². The topological polar surface area (TPSA) is 66.1 Å². The SMILES string of the molecule is c1cn(-c2ccc(OC[C@@H]3CCCO3)cc2)c(-c2cc3n(n2)CCNC3)n1.